The average molecular weight is 316 g/mol. The molecule has 1 aliphatic heterocycles. The number of ether oxygens (including phenoxy) is 1. The lowest BCUT2D eigenvalue weighted by atomic mass is 9.94. The van der Waals surface area contributed by atoms with Gasteiger partial charge in [0.15, 0.2) is 0 Å². The molecule has 1 saturated heterocycles. The van der Waals surface area contributed by atoms with Crippen LogP contribution in [0.3, 0.4) is 0 Å². The summed E-state index contributed by atoms with van der Waals surface area (Å²) >= 11 is 0. The van der Waals surface area contributed by atoms with Crippen LogP contribution in [0.25, 0.3) is 0 Å². The van der Waals surface area contributed by atoms with Gasteiger partial charge < -0.3 is 14.7 Å². The molecule has 2 atom stereocenters. The largest absolute Gasteiger partial charge is 0.466 e. The highest BCUT2D eigenvalue weighted by molar-refractivity contribution is 5.69. The molecule has 1 aliphatic rings. The Morgan fingerprint density at radius 1 is 1.48 bits per heavy atom. The zero-order chi connectivity index (χ0) is 16.7. The van der Waals surface area contributed by atoms with Crippen LogP contribution in [0.4, 0.5) is 0 Å². The lowest BCUT2D eigenvalue weighted by molar-refractivity contribution is -0.144. The fraction of sp³-hybridized carbons (Fsp3) is 0.556. The van der Waals surface area contributed by atoms with E-state index in [0.717, 1.165) is 31.5 Å². The van der Waals surface area contributed by atoms with E-state index in [2.05, 4.69) is 11.0 Å². The number of rotatable bonds is 6. The third-order valence-electron chi connectivity index (χ3n) is 4.22. The maximum absolute atomic E-state index is 11.6. The third kappa shape index (κ3) is 5.34. The van der Waals surface area contributed by atoms with Gasteiger partial charge in [-0.1, -0.05) is 12.1 Å². The van der Waals surface area contributed by atoms with E-state index < -0.39 is 6.10 Å². The molecule has 5 nitrogen and oxygen atoms in total. The second-order valence-electron chi connectivity index (χ2n) is 6.03. The maximum Gasteiger partial charge on any atom is 0.306 e. The van der Waals surface area contributed by atoms with E-state index in [1.165, 1.54) is 0 Å². The molecule has 1 aromatic carbocycles. The predicted octanol–water partition coefficient (Wildman–Crippen LogP) is 2.26. The fourth-order valence-corrected chi connectivity index (χ4v) is 3.07. The predicted molar refractivity (Wildman–Crippen MR) is 86.5 cm³/mol. The van der Waals surface area contributed by atoms with E-state index >= 15 is 0 Å². The quantitative estimate of drug-likeness (QED) is 0.815. The molecule has 1 unspecified atom stereocenters. The van der Waals surface area contributed by atoms with Crippen molar-refractivity contribution in [3.8, 4) is 6.07 Å². The minimum absolute atomic E-state index is 0.132. The average Bonchev–Trinajstić information content (AvgIpc) is 2.55. The third-order valence-corrected chi connectivity index (χ3v) is 4.22. The molecular weight excluding hydrogens is 292 g/mol. The molecule has 1 fully saturated rings. The summed E-state index contributed by atoms with van der Waals surface area (Å²) in [6, 6.07) is 9.10. The van der Waals surface area contributed by atoms with Gasteiger partial charge in [-0.2, -0.15) is 5.26 Å². The van der Waals surface area contributed by atoms with Crippen molar-refractivity contribution in [2.45, 2.75) is 32.3 Å². The first-order valence-electron chi connectivity index (χ1n) is 8.18. The van der Waals surface area contributed by atoms with Crippen LogP contribution < -0.4 is 0 Å². The molecule has 0 amide bonds. The molecule has 0 radical (unpaired) electrons. The highest BCUT2D eigenvalue weighted by atomic mass is 16.5. The summed E-state index contributed by atoms with van der Waals surface area (Å²) in [5.41, 5.74) is 1.41. The SMILES string of the molecule is CCOC(=O)CC1CCCN(C[C@H](O)c2ccc(C#N)cc2)C1. The highest BCUT2D eigenvalue weighted by Crippen LogP contribution is 2.23. The summed E-state index contributed by atoms with van der Waals surface area (Å²) in [5, 5.41) is 19.2. The van der Waals surface area contributed by atoms with Gasteiger partial charge in [-0.3, -0.25) is 4.79 Å². The van der Waals surface area contributed by atoms with Crippen molar-refractivity contribution in [3.63, 3.8) is 0 Å². The van der Waals surface area contributed by atoms with Crippen molar-refractivity contribution in [2.75, 3.05) is 26.2 Å². The number of carbonyl (C=O) groups excluding carboxylic acids is 1. The van der Waals surface area contributed by atoms with Gasteiger partial charge in [0.1, 0.15) is 0 Å². The molecule has 2 rings (SSSR count). The van der Waals surface area contributed by atoms with Gasteiger partial charge in [0, 0.05) is 19.5 Å². The second-order valence-corrected chi connectivity index (χ2v) is 6.03. The van der Waals surface area contributed by atoms with Crippen LogP contribution >= 0.6 is 0 Å². The fourth-order valence-electron chi connectivity index (χ4n) is 3.07. The minimum atomic E-state index is -0.580. The smallest absolute Gasteiger partial charge is 0.306 e. The first-order chi connectivity index (χ1) is 11.1. The Morgan fingerprint density at radius 3 is 2.87 bits per heavy atom. The minimum Gasteiger partial charge on any atom is -0.466 e. The van der Waals surface area contributed by atoms with Gasteiger partial charge in [0.05, 0.1) is 24.3 Å². The summed E-state index contributed by atoms with van der Waals surface area (Å²) in [7, 11) is 0. The van der Waals surface area contributed by atoms with Crippen LogP contribution in [-0.4, -0.2) is 42.2 Å². The number of aliphatic hydroxyl groups excluding tert-OH is 1. The van der Waals surface area contributed by atoms with Crippen LogP contribution in [0.1, 0.15) is 43.4 Å². The standard InChI is InChI=1S/C18H24N2O3/c1-2-23-18(22)10-15-4-3-9-20(12-15)13-17(21)16-7-5-14(11-19)6-8-16/h5-8,15,17,21H,2-4,9-10,12-13H2,1H3/t15?,17-/m0/s1. The van der Waals surface area contributed by atoms with Crippen LogP contribution in [-0.2, 0) is 9.53 Å². The molecule has 1 heterocycles. The van der Waals surface area contributed by atoms with Gasteiger partial charge in [-0.05, 0) is 49.9 Å². The van der Waals surface area contributed by atoms with Crippen molar-refractivity contribution in [3.05, 3.63) is 35.4 Å². The van der Waals surface area contributed by atoms with Crippen LogP contribution in [0.2, 0.25) is 0 Å². The van der Waals surface area contributed by atoms with Gasteiger partial charge in [-0.15, -0.1) is 0 Å². The van der Waals surface area contributed by atoms with E-state index in [1.807, 2.05) is 6.92 Å². The highest BCUT2D eigenvalue weighted by Gasteiger charge is 2.24. The summed E-state index contributed by atoms with van der Waals surface area (Å²) in [4.78, 5) is 13.8. The molecule has 5 heteroatoms. The number of hydrogen-bond acceptors (Lipinski definition) is 5. The molecule has 0 bridgehead atoms. The van der Waals surface area contributed by atoms with Crippen LogP contribution in [0, 0.1) is 17.2 Å². The number of nitrogens with zero attached hydrogens (tertiary/aromatic N) is 2. The summed E-state index contributed by atoms with van der Waals surface area (Å²) < 4.78 is 5.02. The topological polar surface area (TPSA) is 73.6 Å². The molecule has 1 N–H and O–H groups in total. The lowest BCUT2D eigenvalue weighted by Crippen LogP contribution is -2.38. The van der Waals surface area contributed by atoms with Crippen molar-refractivity contribution < 1.29 is 14.6 Å². The number of nitriles is 1. The van der Waals surface area contributed by atoms with Crippen LogP contribution in [0.15, 0.2) is 24.3 Å². The van der Waals surface area contributed by atoms with Gasteiger partial charge in [-0.25, -0.2) is 0 Å². The molecule has 0 aromatic heterocycles. The van der Waals surface area contributed by atoms with Gasteiger partial charge in [0.25, 0.3) is 0 Å². The number of aliphatic hydroxyl groups is 1. The number of benzene rings is 1. The van der Waals surface area contributed by atoms with E-state index in [1.54, 1.807) is 24.3 Å². The van der Waals surface area contributed by atoms with E-state index in [4.69, 9.17) is 10.00 Å². The Kier molecular flexibility index (Phi) is 6.57. The van der Waals surface area contributed by atoms with E-state index in [-0.39, 0.29) is 5.97 Å². The van der Waals surface area contributed by atoms with Crippen molar-refractivity contribution in [1.29, 1.82) is 5.26 Å². The number of carbonyl (C=O) groups is 1. The molecule has 0 aliphatic carbocycles. The lowest BCUT2D eigenvalue weighted by Gasteiger charge is -2.33. The molecule has 124 valence electrons. The zero-order valence-corrected chi connectivity index (χ0v) is 13.6. The summed E-state index contributed by atoms with van der Waals surface area (Å²) in [5.74, 6) is 0.169. The number of likely N-dealkylation sites (tertiary alicyclic amines) is 1. The van der Waals surface area contributed by atoms with Crippen molar-refractivity contribution in [1.82, 2.24) is 4.90 Å². The maximum atomic E-state index is 11.6. The normalized spacial score (nSPS) is 19.8. The van der Waals surface area contributed by atoms with Gasteiger partial charge >= 0.3 is 5.97 Å². The number of piperidine rings is 1. The number of hydrogen-bond donors (Lipinski definition) is 1. The van der Waals surface area contributed by atoms with Gasteiger partial charge in [0.2, 0.25) is 0 Å². The molecular formula is C18H24N2O3. The molecule has 1 aromatic rings. The summed E-state index contributed by atoms with van der Waals surface area (Å²) in [6.07, 6.45) is 1.94. The number of β-amino-alcohol motifs (C(OH)–C–C–N with tert-alkyl or cyclic N) is 1. The van der Waals surface area contributed by atoms with Crippen molar-refractivity contribution in [2.24, 2.45) is 5.92 Å². The Morgan fingerprint density at radius 2 is 2.22 bits per heavy atom. The zero-order valence-electron chi connectivity index (χ0n) is 13.6. The van der Waals surface area contributed by atoms with E-state index in [9.17, 15) is 9.90 Å². The Balaban J connectivity index is 1.86. The Hall–Kier alpha value is -1.90. The monoisotopic (exact) mass is 316 g/mol. The second kappa shape index (κ2) is 8.66. The number of esters is 1. The molecule has 0 saturated carbocycles. The Labute approximate surface area is 137 Å². The van der Waals surface area contributed by atoms with E-state index in [0.29, 0.717) is 31.1 Å². The Bertz CT molecular complexity index is 550. The molecule has 23 heavy (non-hydrogen) atoms. The first-order valence-corrected chi connectivity index (χ1v) is 8.18. The summed E-state index contributed by atoms with van der Waals surface area (Å²) in [6.45, 7) is 4.54. The molecule has 0 spiro atoms. The first kappa shape index (κ1) is 17.5. The van der Waals surface area contributed by atoms with Crippen LogP contribution in [0.5, 0.6) is 0 Å². The van der Waals surface area contributed by atoms with Crippen molar-refractivity contribution >= 4 is 5.97 Å².